The Kier molecular flexibility index (Phi) is 5.96. The maximum atomic E-state index is 13.6. The van der Waals surface area contributed by atoms with Gasteiger partial charge in [-0.25, -0.2) is 4.39 Å². The third-order valence-corrected chi connectivity index (χ3v) is 2.80. The summed E-state index contributed by atoms with van der Waals surface area (Å²) in [6, 6.07) is 3.54. The minimum absolute atomic E-state index is 0.117. The van der Waals surface area contributed by atoms with Crippen molar-refractivity contribution >= 4 is 17.5 Å². The Morgan fingerprint density at radius 1 is 1.35 bits per heavy atom. The Hall–Kier alpha value is -2.11. The molecular weight excluding hydrogens is 261 g/mol. The van der Waals surface area contributed by atoms with E-state index in [0.29, 0.717) is 6.54 Å². The highest BCUT2D eigenvalue weighted by Gasteiger charge is 2.19. The SMILES string of the molecule is CCCNC(=O)C(C)NC(=O)c1cccc(F)c1NC. The van der Waals surface area contributed by atoms with E-state index in [1.165, 1.54) is 25.2 Å². The topological polar surface area (TPSA) is 70.2 Å². The second kappa shape index (κ2) is 7.47. The lowest BCUT2D eigenvalue weighted by atomic mass is 10.1. The van der Waals surface area contributed by atoms with Crippen LogP contribution < -0.4 is 16.0 Å². The molecule has 0 heterocycles. The van der Waals surface area contributed by atoms with Crippen molar-refractivity contribution in [2.75, 3.05) is 18.9 Å². The summed E-state index contributed by atoms with van der Waals surface area (Å²) in [4.78, 5) is 23.7. The number of para-hydroxylation sites is 1. The Labute approximate surface area is 117 Å². The summed E-state index contributed by atoms with van der Waals surface area (Å²) in [5.41, 5.74) is 0.286. The molecular formula is C14H20FN3O2. The zero-order valence-electron chi connectivity index (χ0n) is 11.9. The standard InChI is InChI=1S/C14H20FN3O2/c1-4-8-17-13(19)9(2)18-14(20)10-6-5-7-11(15)12(10)16-3/h5-7,9,16H,4,8H2,1-3H3,(H,17,19)(H,18,20). The van der Waals surface area contributed by atoms with Gasteiger partial charge in [-0.3, -0.25) is 9.59 Å². The fraction of sp³-hybridized carbons (Fsp3) is 0.429. The summed E-state index contributed by atoms with van der Waals surface area (Å²) in [6.45, 7) is 4.08. The van der Waals surface area contributed by atoms with Gasteiger partial charge in [0.1, 0.15) is 11.9 Å². The van der Waals surface area contributed by atoms with Crippen molar-refractivity contribution in [3.05, 3.63) is 29.6 Å². The lowest BCUT2D eigenvalue weighted by Crippen LogP contribution is -2.45. The van der Waals surface area contributed by atoms with Gasteiger partial charge in [0.25, 0.3) is 5.91 Å². The van der Waals surface area contributed by atoms with E-state index in [1.807, 2.05) is 6.92 Å². The molecule has 1 aromatic rings. The van der Waals surface area contributed by atoms with Gasteiger partial charge < -0.3 is 16.0 Å². The lowest BCUT2D eigenvalue weighted by molar-refractivity contribution is -0.122. The molecule has 110 valence electrons. The Balaban J connectivity index is 2.76. The monoisotopic (exact) mass is 281 g/mol. The van der Waals surface area contributed by atoms with Crippen molar-refractivity contribution in [2.24, 2.45) is 0 Å². The molecule has 6 heteroatoms. The van der Waals surface area contributed by atoms with Crippen LogP contribution in [-0.4, -0.2) is 31.4 Å². The highest BCUT2D eigenvalue weighted by Crippen LogP contribution is 2.19. The molecule has 0 aliphatic rings. The average molecular weight is 281 g/mol. The van der Waals surface area contributed by atoms with Gasteiger partial charge in [-0.2, -0.15) is 0 Å². The van der Waals surface area contributed by atoms with Gasteiger partial charge in [0.05, 0.1) is 11.3 Å². The van der Waals surface area contributed by atoms with Gasteiger partial charge in [-0.15, -0.1) is 0 Å². The van der Waals surface area contributed by atoms with Gasteiger partial charge in [0.2, 0.25) is 5.91 Å². The van der Waals surface area contributed by atoms with Crippen molar-refractivity contribution in [1.82, 2.24) is 10.6 Å². The smallest absolute Gasteiger partial charge is 0.254 e. The second-order valence-electron chi connectivity index (χ2n) is 4.40. The van der Waals surface area contributed by atoms with Gasteiger partial charge in [-0.1, -0.05) is 13.0 Å². The number of anilines is 1. The molecule has 0 aliphatic carbocycles. The number of amides is 2. The molecule has 1 unspecified atom stereocenters. The highest BCUT2D eigenvalue weighted by atomic mass is 19.1. The van der Waals surface area contributed by atoms with Gasteiger partial charge in [-0.05, 0) is 25.5 Å². The molecule has 0 saturated carbocycles. The quantitative estimate of drug-likeness (QED) is 0.740. The third kappa shape index (κ3) is 3.94. The number of benzene rings is 1. The average Bonchev–Trinajstić information content (AvgIpc) is 2.44. The summed E-state index contributed by atoms with van der Waals surface area (Å²) < 4.78 is 13.6. The summed E-state index contributed by atoms with van der Waals surface area (Å²) in [6.07, 6.45) is 0.820. The molecule has 1 rings (SSSR count). The normalized spacial score (nSPS) is 11.6. The molecule has 20 heavy (non-hydrogen) atoms. The maximum absolute atomic E-state index is 13.6. The fourth-order valence-electron chi connectivity index (χ4n) is 1.71. The first kappa shape index (κ1) is 15.9. The van der Waals surface area contributed by atoms with E-state index in [9.17, 15) is 14.0 Å². The maximum Gasteiger partial charge on any atom is 0.254 e. The van der Waals surface area contributed by atoms with Crippen LogP contribution in [0.15, 0.2) is 18.2 Å². The zero-order chi connectivity index (χ0) is 15.1. The van der Waals surface area contributed by atoms with E-state index < -0.39 is 17.8 Å². The van der Waals surface area contributed by atoms with Gasteiger partial charge in [0, 0.05) is 13.6 Å². The molecule has 1 atom stereocenters. The Bertz CT molecular complexity index is 491. The van der Waals surface area contributed by atoms with E-state index in [2.05, 4.69) is 16.0 Å². The van der Waals surface area contributed by atoms with E-state index >= 15 is 0 Å². The van der Waals surface area contributed by atoms with Crippen molar-refractivity contribution in [3.63, 3.8) is 0 Å². The summed E-state index contributed by atoms with van der Waals surface area (Å²) in [7, 11) is 1.53. The first-order valence-corrected chi connectivity index (χ1v) is 6.56. The van der Waals surface area contributed by atoms with Crippen molar-refractivity contribution in [1.29, 1.82) is 0 Å². The lowest BCUT2D eigenvalue weighted by Gasteiger charge is -2.15. The number of carbonyl (C=O) groups excluding carboxylic acids is 2. The second-order valence-corrected chi connectivity index (χ2v) is 4.40. The molecule has 3 N–H and O–H groups in total. The van der Waals surface area contributed by atoms with E-state index in [-0.39, 0.29) is 17.2 Å². The highest BCUT2D eigenvalue weighted by molar-refractivity contribution is 6.01. The molecule has 0 spiro atoms. The number of hydrogen-bond acceptors (Lipinski definition) is 3. The predicted octanol–water partition coefficient (Wildman–Crippen LogP) is 1.51. The van der Waals surface area contributed by atoms with Crippen LogP contribution in [0.25, 0.3) is 0 Å². The Morgan fingerprint density at radius 2 is 2.05 bits per heavy atom. The minimum atomic E-state index is -0.679. The summed E-state index contributed by atoms with van der Waals surface area (Å²) >= 11 is 0. The van der Waals surface area contributed by atoms with Gasteiger partial charge >= 0.3 is 0 Å². The largest absolute Gasteiger partial charge is 0.385 e. The van der Waals surface area contributed by atoms with Gasteiger partial charge in [0.15, 0.2) is 0 Å². The number of carbonyl (C=O) groups is 2. The molecule has 0 bridgehead atoms. The fourth-order valence-corrected chi connectivity index (χ4v) is 1.71. The molecule has 0 radical (unpaired) electrons. The first-order chi connectivity index (χ1) is 9.51. The van der Waals surface area contributed by atoms with E-state index in [4.69, 9.17) is 0 Å². The van der Waals surface area contributed by atoms with Crippen LogP contribution in [0.4, 0.5) is 10.1 Å². The van der Waals surface area contributed by atoms with Crippen LogP contribution in [0.5, 0.6) is 0 Å². The number of rotatable bonds is 6. The number of hydrogen-bond donors (Lipinski definition) is 3. The molecule has 0 aromatic heterocycles. The van der Waals surface area contributed by atoms with Crippen molar-refractivity contribution < 1.29 is 14.0 Å². The van der Waals surface area contributed by atoms with Crippen LogP contribution in [0.3, 0.4) is 0 Å². The van der Waals surface area contributed by atoms with E-state index in [0.717, 1.165) is 6.42 Å². The molecule has 0 saturated heterocycles. The Morgan fingerprint density at radius 3 is 2.65 bits per heavy atom. The van der Waals surface area contributed by atoms with Crippen LogP contribution in [0.2, 0.25) is 0 Å². The predicted molar refractivity (Wildman–Crippen MR) is 76.2 cm³/mol. The molecule has 1 aromatic carbocycles. The summed E-state index contributed by atoms with van der Waals surface area (Å²) in [5.74, 6) is -1.26. The van der Waals surface area contributed by atoms with Crippen LogP contribution in [0.1, 0.15) is 30.6 Å². The first-order valence-electron chi connectivity index (χ1n) is 6.56. The van der Waals surface area contributed by atoms with Crippen molar-refractivity contribution in [3.8, 4) is 0 Å². The number of halogens is 1. The molecule has 0 aliphatic heterocycles. The summed E-state index contributed by atoms with van der Waals surface area (Å²) in [5, 5.41) is 7.88. The molecule has 2 amide bonds. The van der Waals surface area contributed by atoms with Crippen LogP contribution in [-0.2, 0) is 4.79 Å². The van der Waals surface area contributed by atoms with E-state index in [1.54, 1.807) is 6.92 Å². The molecule has 0 fully saturated rings. The third-order valence-electron chi connectivity index (χ3n) is 2.80. The number of nitrogens with one attached hydrogen (secondary N) is 3. The minimum Gasteiger partial charge on any atom is -0.385 e. The van der Waals surface area contributed by atoms with Crippen LogP contribution >= 0.6 is 0 Å². The molecule has 5 nitrogen and oxygen atoms in total. The van der Waals surface area contributed by atoms with Crippen molar-refractivity contribution in [2.45, 2.75) is 26.3 Å². The zero-order valence-corrected chi connectivity index (χ0v) is 11.9. The van der Waals surface area contributed by atoms with Crippen LogP contribution in [0, 0.1) is 5.82 Å².